The van der Waals surface area contributed by atoms with Crippen LogP contribution >= 0.6 is 0 Å². The van der Waals surface area contributed by atoms with Gasteiger partial charge in [-0.1, -0.05) is 34.4 Å². The molecule has 18 rings (SSSR count). The summed E-state index contributed by atoms with van der Waals surface area (Å²) in [6, 6.07) is 4.95. The predicted octanol–water partition coefficient (Wildman–Crippen LogP) is 7.88. The first kappa shape index (κ1) is 41.0. The topological polar surface area (TPSA) is 40.6 Å². The van der Waals surface area contributed by atoms with Gasteiger partial charge in [-0.2, -0.15) is 0 Å². The van der Waals surface area contributed by atoms with Crippen molar-refractivity contribution < 1.29 is 14.2 Å². The van der Waals surface area contributed by atoms with Crippen LogP contribution in [0, 0.1) is 23.7 Å². The summed E-state index contributed by atoms with van der Waals surface area (Å²) >= 11 is 0. The molecule has 0 bridgehead atoms. The molecule has 4 aromatic carbocycles. The number of rotatable bonds is 16. The SMILES string of the molecule is CN(C)CCCOc1ccc(C2N(C)CC34c5c6c7c8c9c%10c%11c7c7c5=C5CCC=7C%11CCC%10C7C=CC%10C%11=c%12c(c-8c-6c6c%12=C(CC%11)C(CCC53)C624)C%10C97)c(OCCCN(C)C)c1OCCCN(C)C. The van der Waals surface area contributed by atoms with Crippen LogP contribution in [0.4, 0.5) is 0 Å². The molecule has 13 aliphatic carbocycles. The molecule has 7 nitrogen and oxygen atoms in total. The number of hydrogen-bond acceptors (Lipinski definition) is 7. The standard InChI is InChI=1S/C64H70N4O3/c1-65(2)23-8-26-69-41-22-19-38(60(70-27-9-24-66(3)4)61(41)71-28-10-25-67(5)6)62-64-40-21-20-39-36-17-15-34-32-13-11-30-31-12-14-33-35-16-18-37(40)49-47(35)52-45(33)43(31)50-42(30)44(32)51-46(34)48(36)58(63(39,64)29-68(62)7)56-54(51)53(50)55(52)57(56)59(49)64/h12,14,19,22,30-33,39-40,43,45,62H,8-11,13,15-18,20-21,23-29H2,1-7H3. The summed E-state index contributed by atoms with van der Waals surface area (Å²) in [5.41, 5.74) is 27.0. The van der Waals surface area contributed by atoms with Gasteiger partial charge in [-0.25, -0.2) is 0 Å². The Morgan fingerprint density at radius 2 is 1.27 bits per heavy atom. The minimum Gasteiger partial charge on any atom is -0.489 e. The maximum atomic E-state index is 7.46. The van der Waals surface area contributed by atoms with E-state index in [2.05, 4.69) is 93.2 Å². The number of hydrogen-bond donors (Lipinski definition) is 0. The Kier molecular flexibility index (Phi) is 7.67. The molecular weight excluding hydrogens is 873 g/mol. The van der Waals surface area contributed by atoms with E-state index in [1.165, 1.54) is 56.9 Å². The molecule has 4 aromatic rings. The monoisotopic (exact) mass is 943 g/mol. The van der Waals surface area contributed by atoms with Gasteiger partial charge >= 0.3 is 0 Å². The van der Waals surface area contributed by atoms with Crippen LogP contribution < -0.4 is 35.1 Å². The second-order valence-corrected chi connectivity index (χ2v) is 26.2. The number of likely N-dealkylation sites (N-methyl/N-ethyl adjacent to an activating group) is 1. The van der Waals surface area contributed by atoms with Gasteiger partial charge in [0.25, 0.3) is 0 Å². The van der Waals surface area contributed by atoms with Crippen LogP contribution in [0.25, 0.3) is 55.3 Å². The van der Waals surface area contributed by atoms with Crippen LogP contribution in [0.1, 0.15) is 139 Å². The lowest BCUT2D eigenvalue weighted by Crippen LogP contribution is -2.61. The summed E-state index contributed by atoms with van der Waals surface area (Å²) in [6.45, 7) is 5.97. The molecule has 0 radical (unpaired) electrons. The summed E-state index contributed by atoms with van der Waals surface area (Å²) in [5, 5.41) is 10.8. The Morgan fingerprint density at radius 3 is 2.04 bits per heavy atom. The molecule has 1 saturated carbocycles. The van der Waals surface area contributed by atoms with Gasteiger partial charge in [0.15, 0.2) is 11.5 Å². The lowest BCUT2D eigenvalue weighted by Gasteiger charge is -2.59. The van der Waals surface area contributed by atoms with Gasteiger partial charge in [0.2, 0.25) is 5.75 Å². The van der Waals surface area contributed by atoms with Gasteiger partial charge in [0, 0.05) is 66.4 Å². The third-order valence-electron chi connectivity index (χ3n) is 22.8. The lowest BCUT2D eigenvalue weighted by atomic mass is 9.41. The maximum Gasteiger partial charge on any atom is 0.203 e. The second-order valence-electron chi connectivity index (χ2n) is 26.2. The Hall–Kier alpha value is -4.40. The van der Waals surface area contributed by atoms with Crippen molar-refractivity contribution in [3.05, 3.63) is 84.1 Å². The van der Waals surface area contributed by atoms with Gasteiger partial charge in [-0.15, -0.1) is 0 Å². The van der Waals surface area contributed by atoms with Gasteiger partial charge in [0.05, 0.1) is 19.8 Å². The highest BCUT2D eigenvalue weighted by Gasteiger charge is 2.79. The molecule has 2 spiro atoms. The fourth-order valence-corrected chi connectivity index (χ4v) is 21.5. The van der Waals surface area contributed by atoms with E-state index in [0.717, 1.165) is 62.7 Å². The van der Waals surface area contributed by atoms with Crippen molar-refractivity contribution in [2.45, 2.75) is 111 Å². The van der Waals surface area contributed by atoms with Crippen LogP contribution in [0.15, 0.2) is 24.3 Å². The highest BCUT2D eigenvalue weighted by Crippen LogP contribution is 2.82. The van der Waals surface area contributed by atoms with Gasteiger partial charge < -0.3 is 28.9 Å². The van der Waals surface area contributed by atoms with Gasteiger partial charge in [-0.05, 0) is 249 Å². The number of likely N-dealkylation sites (tertiary alicyclic amines) is 1. The average molecular weight is 943 g/mol. The third-order valence-corrected chi connectivity index (χ3v) is 22.8. The molecule has 11 unspecified atom stereocenters. The molecule has 11 atom stereocenters. The Morgan fingerprint density at radius 1 is 0.577 bits per heavy atom. The van der Waals surface area contributed by atoms with Crippen molar-refractivity contribution in [1.82, 2.24) is 19.6 Å². The first-order chi connectivity index (χ1) is 34.7. The van der Waals surface area contributed by atoms with E-state index >= 15 is 0 Å². The van der Waals surface area contributed by atoms with Crippen molar-refractivity contribution in [3.8, 4) is 39.5 Å². The summed E-state index contributed by atoms with van der Waals surface area (Å²) in [6.07, 6.45) is 18.9. The largest absolute Gasteiger partial charge is 0.489 e. The number of fused-ring (bicyclic) bond motifs is 5. The fraction of sp³-hybridized carbons (Fsp3) is 0.562. The smallest absolute Gasteiger partial charge is 0.203 e. The molecule has 7 heteroatoms. The normalized spacial score (nSPS) is 34.0. The summed E-state index contributed by atoms with van der Waals surface area (Å²) < 4.78 is 21.5. The van der Waals surface area contributed by atoms with E-state index in [0.29, 0.717) is 67.2 Å². The number of nitrogens with zero attached hydrogens (tertiary/aromatic N) is 4. The van der Waals surface area contributed by atoms with Crippen molar-refractivity contribution in [1.29, 1.82) is 0 Å². The minimum absolute atomic E-state index is 0.00276. The molecule has 14 aliphatic rings. The third kappa shape index (κ3) is 4.23. The predicted molar refractivity (Wildman–Crippen MR) is 283 cm³/mol. The summed E-state index contributed by atoms with van der Waals surface area (Å²) in [5.74, 6) is 7.55. The Bertz CT molecular complexity index is 3580. The van der Waals surface area contributed by atoms with Crippen molar-refractivity contribution in [3.63, 3.8) is 0 Å². The summed E-state index contributed by atoms with van der Waals surface area (Å²) in [4.78, 5) is 9.75. The first-order valence-corrected chi connectivity index (χ1v) is 28.5. The molecule has 0 amide bonds. The van der Waals surface area contributed by atoms with Crippen LogP contribution in [-0.4, -0.2) is 115 Å². The first-order valence-electron chi connectivity index (χ1n) is 28.5. The fourth-order valence-electron chi connectivity index (χ4n) is 21.5. The van der Waals surface area contributed by atoms with E-state index in [-0.39, 0.29) is 16.9 Å². The zero-order valence-corrected chi connectivity index (χ0v) is 43.2. The van der Waals surface area contributed by atoms with E-state index < -0.39 is 0 Å². The lowest BCUT2D eigenvalue weighted by molar-refractivity contribution is 0.0883. The zero-order valence-electron chi connectivity index (χ0n) is 43.2. The van der Waals surface area contributed by atoms with E-state index in [1.807, 2.05) is 60.9 Å². The molecule has 1 heterocycles. The highest BCUT2D eigenvalue weighted by atomic mass is 16.5. The molecule has 1 saturated heterocycles. The van der Waals surface area contributed by atoms with Crippen molar-refractivity contribution in [2.24, 2.45) is 23.7 Å². The molecule has 0 N–H and O–H groups in total. The number of ether oxygens (including phenoxy) is 3. The van der Waals surface area contributed by atoms with E-state index in [1.54, 1.807) is 48.7 Å². The Balaban J connectivity index is 0.955. The minimum atomic E-state index is -0.118. The second kappa shape index (κ2) is 13.3. The highest BCUT2D eigenvalue weighted by molar-refractivity contribution is 6.24. The maximum absolute atomic E-state index is 7.46. The van der Waals surface area contributed by atoms with Crippen molar-refractivity contribution >= 4 is 33.1 Å². The van der Waals surface area contributed by atoms with Gasteiger partial charge in [-0.3, -0.25) is 4.90 Å². The van der Waals surface area contributed by atoms with Crippen LogP contribution in [0.3, 0.4) is 0 Å². The van der Waals surface area contributed by atoms with E-state index in [4.69, 9.17) is 14.2 Å². The van der Waals surface area contributed by atoms with E-state index in [9.17, 15) is 0 Å². The average Bonchev–Trinajstić information content (AvgIpc) is 4.35. The molecule has 0 aromatic heterocycles. The molecular formula is C64H70N4O3. The van der Waals surface area contributed by atoms with Gasteiger partial charge in [0.1, 0.15) is 0 Å². The molecule has 2 fully saturated rings. The van der Waals surface area contributed by atoms with Crippen molar-refractivity contribution in [2.75, 3.05) is 95.3 Å². The zero-order chi connectivity index (χ0) is 47.0. The number of benzene rings is 4. The summed E-state index contributed by atoms with van der Waals surface area (Å²) in [7, 11) is 15.6. The molecule has 71 heavy (non-hydrogen) atoms. The molecule has 364 valence electrons. The Labute approximate surface area is 418 Å². The van der Waals surface area contributed by atoms with Crippen LogP contribution in [0.2, 0.25) is 0 Å². The quantitative estimate of drug-likeness (QED) is 0.0738. The van der Waals surface area contributed by atoms with Crippen LogP contribution in [0.5, 0.6) is 17.2 Å². The number of allylic oxidation sites excluding steroid dienone is 2. The van der Waals surface area contributed by atoms with Crippen LogP contribution in [-0.2, 0) is 10.8 Å². The molecule has 1 aliphatic heterocycles.